The lowest BCUT2D eigenvalue weighted by molar-refractivity contribution is 0.0476. The Kier molecular flexibility index (Phi) is 5.76. The Morgan fingerprint density at radius 2 is 2.16 bits per heavy atom. The zero-order valence-electron chi connectivity index (χ0n) is 12.2. The van der Waals surface area contributed by atoms with Crippen LogP contribution in [-0.2, 0) is 0 Å². The molecule has 0 aliphatic heterocycles. The Morgan fingerprint density at radius 1 is 1.47 bits per heavy atom. The highest BCUT2D eigenvalue weighted by atomic mass is 19.1. The molecule has 2 N–H and O–H groups in total. The molecule has 2 atom stereocenters. The third kappa shape index (κ3) is 4.80. The van der Waals surface area contributed by atoms with Gasteiger partial charge in [0.25, 0.3) is 0 Å². The maximum absolute atomic E-state index is 13.6. The van der Waals surface area contributed by atoms with E-state index in [1.165, 1.54) is 13.2 Å². The summed E-state index contributed by atoms with van der Waals surface area (Å²) in [6.45, 7) is 6.28. The molecule has 3 nitrogen and oxygen atoms in total. The minimum absolute atomic E-state index is 0.0243. The monoisotopic (exact) mass is 269 g/mol. The lowest BCUT2D eigenvalue weighted by atomic mass is 9.99. The molecular weight excluding hydrogens is 245 g/mol. The van der Waals surface area contributed by atoms with Crippen molar-refractivity contribution in [2.45, 2.75) is 45.3 Å². The van der Waals surface area contributed by atoms with Crippen LogP contribution in [0.3, 0.4) is 0 Å². The van der Waals surface area contributed by atoms with Crippen LogP contribution in [-0.4, -0.2) is 24.4 Å². The summed E-state index contributed by atoms with van der Waals surface area (Å²) < 4.78 is 18.5. The quantitative estimate of drug-likeness (QED) is 0.799. The van der Waals surface area contributed by atoms with Gasteiger partial charge in [-0.1, -0.05) is 19.4 Å². The van der Waals surface area contributed by atoms with Crippen LogP contribution in [0.4, 0.5) is 4.39 Å². The third-order valence-corrected chi connectivity index (χ3v) is 3.25. The first-order chi connectivity index (χ1) is 8.89. The van der Waals surface area contributed by atoms with E-state index < -0.39 is 5.60 Å². The molecule has 1 rings (SSSR count). The molecule has 108 valence electrons. The fourth-order valence-electron chi connectivity index (χ4n) is 2.07. The van der Waals surface area contributed by atoms with Crippen LogP contribution in [0, 0.1) is 5.82 Å². The predicted molar refractivity (Wildman–Crippen MR) is 74.9 cm³/mol. The predicted octanol–water partition coefficient (Wildman–Crippen LogP) is 3.04. The Bertz CT molecular complexity index is 407. The zero-order chi connectivity index (χ0) is 14.5. The second-order valence-electron chi connectivity index (χ2n) is 5.24. The van der Waals surface area contributed by atoms with Crippen molar-refractivity contribution in [1.82, 2.24) is 5.32 Å². The summed E-state index contributed by atoms with van der Waals surface area (Å²) in [6, 6.07) is 4.88. The molecule has 19 heavy (non-hydrogen) atoms. The number of benzene rings is 1. The summed E-state index contributed by atoms with van der Waals surface area (Å²) in [7, 11) is 1.45. The standard InChI is InChI=1S/C15H24FNO2/c1-5-8-15(3,18)10-17-11(2)12-6-7-14(19-4)13(16)9-12/h6-7,9,11,17-18H,5,8,10H2,1-4H3. The fraction of sp³-hybridized carbons (Fsp3) is 0.600. The first-order valence-electron chi connectivity index (χ1n) is 6.69. The molecule has 0 heterocycles. The molecule has 4 heteroatoms. The van der Waals surface area contributed by atoms with E-state index in [-0.39, 0.29) is 17.6 Å². The zero-order valence-corrected chi connectivity index (χ0v) is 12.2. The van der Waals surface area contributed by atoms with Gasteiger partial charge in [-0.05, 0) is 38.0 Å². The molecule has 1 aromatic rings. The molecule has 1 aromatic carbocycles. The first-order valence-corrected chi connectivity index (χ1v) is 6.69. The van der Waals surface area contributed by atoms with Gasteiger partial charge in [0.05, 0.1) is 12.7 Å². The number of ether oxygens (including phenoxy) is 1. The molecule has 0 aromatic heterocycles. The summed E-state index contributed by atoms with van der Waals surface area (Å²) in [5, 5.41) is 13.3. The first kappa shape index (κ1) is 15.9. The van der Waals surface area contributed by atoms with E-state index in [1.54, 1.807) is 6.07 Å². The molecule has 0 radical (unpaired) electrons. The number of hydrogen-bond acceptors (Lipinski definition) is 3. The maximum Gasteiger partial charge on any atom is 0.165 e. The van der Waals surface area contributed by atoms with E-state index in [0.29, 0.717) is 6.54 Å². The van der Waals surface area contributed by atoms with Crippen LogP contribution in [0.5, 0.6) is 5.75 Å². The van der Waals surface area contributed by atoms with Crippen molar-refractivity contribution in [3.8, 4) is 5.75 Å². The molecule has 0 spiro atoms. The van der Waals surface area contributed by atoms with E-state index in [9.17, 15) is 9.50 Å². The second kappa shape index (κ2) is 6.87. The molecule has 2 unspecified atom stereocenters. The van der Waals surface area contributed by atoms with Gasteiger partial charge in [-0.15, -0.1) is 0 Å². The van der Waals surface area contributed by atoms with E-state index in [0.717, 1.165) is 18.4 Å². The SMILES string of the molecule is CCCC(C)(O)CNC(C)c1ccc(OC)c(F)c1. The lowest BCUT2D eigenvalue weighted by Gasteiger charge is -2.25. The Labute approximate surface area is 114 Å². The topological polar surface area (TPSA) is 41.5 Å². The van der Waals surface area contributed by atoms with Crippen molar-refractivity contribution in [2.24, 2.45) is 0 Å². The smallest absolute Gasteiger partial charge is 0.165 e. The normalized spacial score (nSPS) is 15.9. The highest BCUT2D eigenvalue weighted by Gasteiger charge is 2.20. The van der Waals surface area contributed by atoms with Crippen molar-refractivity contribution >= 4 is 0 Å². The van der Waals surface area contributed by atoms with Crippen molar-refractivity contribution in [3.63, 3.8) is 0 Å². The average Bonchev–Trinajstić information content (AvgIpc) is 2.36. The fourth-order valence-corrected chi connectivity index (χ4v) is 2.07. The second-order valence-corrected chi connectivity index (χ2v) is 5.24. The number of aliphatic hydroxyl groups is 1. The number of methoxy groups -OCH3 is 1. The van der Waals surface area contributed by atoms with Gasteiger partial charge in [0.1, 0.15) is 0 Å². The Balaban J connectivity index is 2.63. The number of nitrogens with one attached hydrogen (secondary N) is 1. The van der Waals surface area contributed by atoms with Gasteiger partial charge in [-0.25, -0.2) is 4.39 Å². The third-order valence-electron chi connectivity index (χ3n) is 3.25. The van der Waals surface area contributed by atoms with E-state index >= 15 is 0 Å². The number of hydrogen-bond donors (Lipinski definition) is 2. The highest BCUT2D eigenvalue weighted by molar-refractivity contribution is 5.30. The van der Waals surface area contributed by atoms with Gasteiger partial charge < -0.3 is 15.2 Å². The van der Waals surface area contributed by atoms with E-state index in [4.69, 9.17) is 4.74 Å². The highest BCUT2D eigenvalue weighted by Crippen LogP contribution is 2.22. The Hall–Kier alpha value is -1.13. The summed E-state index contributed by atoms with van der Waals surface area (Å²) in [6.07, 6.45) is 1.67. The van der Waals surface area contributed by atoms with Crippen LogP contribution in [0.25, 0.3) is 0 Å². The van der Waals surface area contributed by atoms with Crippen LogP contribution < -0.4 is 10.1 Å². The number of rotatable bonds is 7. The van der Waals surface area contributed by atoms with Crippen molar-refractivity contribution in [2.75, 3.05) is 13.7 Å². The van der Waals surface area contributed by atoms with Crippen LogP contribution >= 0.6 is 0 Å². The van der Waals surface area contributed by atoms with Crippen molar-refractivity contribution < 1.29 is 14.2 Å². The molecule has 0 saturated carbocycles. The summed E-state index contributed by atoms with van der Waals surface area (Å²) in [5.74, 6) is -0.122. The average molecular weight is 269 g/mol. The van der Waals surface area contributed by atoms with E-state index in [1.807, 2.05) is 26.8 Å². The molecule has 0 bridgehead atoms. The molecule has 0 fully saturated rings. The summed E-state index contributed by atoms with van der Waals surface area (Å²) >= 11 is 0. The molecule has 0 amide bonds. The van der Waals surface area contributed by atoms with E-state index in [2.05, 4.69) is 5.32 Å². The minimum Gasteiger partial charge on any atom is -0.494 e. The van der Waals surface area contributed by atoms with Gasteiger partial charge in [-0.3, -0.25) is 0 Å². The van der Waals surface area contributed by atoms with Crippen LogP contribution in [0.2, 0.25) is 0 Å². The molecule has 0 saturated heterocycles. The number of halogens is 1. The van der Waals surface area contributed by atoms with Crippen molar-refractivity contribution in [1.29, 1.82) is 0 Å². The van der Waals surface area contributed by atoms with Gasteiger partial charge in [0.15, 0.2) is 11.6 Å². The summed E-state index contributed by atoms with van der Waals surface area (Å²) in [5.41, 5.74) is 0.110. The Morgan fingerprint density at radius 3 is 2.68 bits per heavy atom. The van der Waals surface area contributed by atoms with Gasteiger partial charge in [0, 0.05) is 12.6 Å². The summed E-state index contributed by atoms with van der Waals surface area (Å²) in [4.78, 5) is 0. The largest absolute Gasteiger partial charge is 0.494 e. The maximum atomic E-state index is 13.6. The molecule has 0 aliphatic rings. The molecule has 0 aliphatic carbocycles. The van der Waals surface area contributed by atoms with Crippen molar-refractivity contribution in [3.05, 3.63) is 29.6 Å². The lowest BCUT2D eigenvalue weighted by Crippen LogP contribution is -2.38. The van der Waals surface area contributed by atoms with Gasteiger partial charge >= 0.3 is 0 Å². The van der Waals surface area contributed by atoms with Crippen LogP contribution in [0.15, 0.2) is 18.2 Å². The van der Waals surface area contributed by atoms with Gasteiger partial charge in [0.2, 0.25) is 0 Å². The van der Waals surface area contributed by atoms with Gasteiger partial charge in [-0.2, -0.15) is 0 Å². The van der Waals surface area contributed by atoms with Crippen LogP contribution in [0.1, 0.15) is 45.2 Å². The molecular formula is C15H24FNO2. The minimum atomic E-state index is -0.728.